The van der Waals surface area contributed by atoms with E-state index in [4.69, 9.17) is 0 Å². The van der Waals surface area contributed by atoms with Gasteiger partial charge in [0.15, 0.2) is 0 Å². The van der Waals surface area contributed by atoms with Crippen molar-refractivity contribution < 1.29 is 0 Å². The first-order chi connectivity index (χ1) is 6.97. The summed E-state index contributed by atoms with van der Waals surface area (Å²) >= 11 is 0. The lowest BCUT2D eigenvalue weighted by molar-refractivity contribution is 0.940. The lowest BCUT2D eigenvalue weighted by Gasteiger charge is -1.81. The Morgan fingerprint density at radius 1 is 1.14 bits per heavy atom. The molecule has 0 spiro atoms. The third kappa shape index (κ3) is 1.95. The van der Waals surface area contributed by atoms with Crippen LogP contribution in [0.2, 0.25) is 0 Å². The maximum Gasteiger partial charge on any atom is 0.0931 e. The molecule has 0 bridgehead atoms. The van der Waals surface area contributed by atoms with Crippen LogP contribution in [0.1, 0.15) is 0 Å². The number of hydrogen-bond donors (Lipinski definition) is 2. The van der Waals surface area contributed by atoms with Crippen molar-refractivity contribution in [3.8, 4) is 0 Å². The molecule has 14 heavy (non-hydrogen) atoms. The summed E-state index contributed by atoms with van der Waals surface area (Å²) in [5.41, 5.74) is 2.12. The highest BCUT2D eigenvalue weighted by Crippen LogP contribution is 2.05. The van der Waals surface area contributed by atoms with Gasteiger partial charge in [-0.25, -0.2) is 4.98 Å². The minimum Gasteiger partial charge on any atom is -0.345 e. The Morgan fingerprint density at radius 3 is 2.71 bits per heavy atom. The van der Waals surface area contributed by atoms with E-state index < -0.39 is 0 Å². The fraction of sp³-hybridized carbons (Fsp3) is 0. The SMILES string of the molecule is c1c[nH]nn1.c1ccc2[nH]cnc2c1. The quantitative estimate of drug-likeness (QED) is 0.558. The number of hydrogen-bond acceptors (Lipinski definition) is 3. The van der Waals surface area contributed by atoms with E-state index in [1.54, 1.807) is 18.7 Å². The second-order valence-corrected chi connectivity index (χ2v) is 2.58. The van der Waals surface area contributed by atoms with E-state index in [0.717, 1.165) is 11.0 Å². The summed E-state index contributed by atoms with van der Waals surface area (Å²) in [6, 6.07) is 7.94. The Balaban J connectivity index is 0.000000128. The Kier molecular flexibility index (Phi) is 2.51. The van der Waals surface area contributed by atoms with E-state index in [1.807, 2.05) is 24.3 Å². The summed E-state index contributed by atoms with van der Waals surface area (Å²) in [4.78, 5) is 7.07. The van der Waals surface area contributed by atoms with Crippen molar-refractivity contribution in [2.75, 3.05) is 0 Å². The number of benzene rings is 1. The van der Waals surface area contributed by atoms with Gasteiger partial charge < -0.3 is 4.98 Å². The van der Waals surface area contributed by atoms with Gasteiger partial charge in [0, 0.05) is 6.20 Å². The van der Waals surface area contributed by atoms with Gasteiger partial charge in [0.05, 0.1) is 23.6 Å². The molecule has 2 heterocycles. The summed E-state index contributed by atoms with van der Waals surface area (Å²) in [6.45, 7) is 0. The maximum atomic E-state index is 4.06. The highest BCUT2D eigenvalue weighted by Gasteiger charge is 1.88. The fourth-order valence-corrected chi connectivity index (χ4v) is 1.05. The van der Waals surface area contributed by atoms with Crippen LogP contribution in [0.3, 0.4) is 0 Å². The topological polar surface area (TPSA) is 70.2 Å². The van der Waals surface area contributed by atoms with E-state index in [2.05, 4.69) is 25.4 Å². The van der Waals surface area contributed by atoms with E-state index >= 15 is 0 Å². The number of fused-ring (bicyclic) bond motifs is 1. The highest BCUT2D eigenvalue weighted by molar-refractivity contribution is 5.73. The Hall–Kier alpha value is -2.17. The Bertz CT molecular complexity index is 423. The molecule has 70 valence electrons. The third-order valence-corrected chi connectivity index (χ3v) is 1.66. The largest absolute Gasteiger partial charge is 0.345 e. The molecule has 0 saturated carbocycles. The molecule has 2 aromatic heterocycles. The monoisotopic (exact) mass is 187 g/mol. The number of nitrogens with one attached hydrogen (secondary N) is 2. The standard InChI is InChI=1S/C7H6N2.C2H3N3/c1-2-4-7-6(3-1)8-5-9-7;1-2-4-5-3-1/h1-5H,(H,8,9);1-2H,(H,3,4,5). The van der Waals surface area contributed by atoms with Crippen LogP contribution in [-0.2, 0) is 0 Å². The normalized spacial score (nSPS) is 9.43. The minimum atomic E-state index is 1.03. The van der Waals surface area contributed by atoms with Crippen LogP contribution in [0, 0.1) is 0 Å². The van der Waals surface area contributed by atoms with Crippen molar-refractivity contribution in [2.24, 2.45) is 0 Å². The first kappa shape index (κ1) is 8.43. The molecule has 1 aromatic carbocycles. The lowest BCUT2D eigenvalue weighted by Crippen LogP contribution is -1.63. The zero-order valence-corrected chi connectivity index (χ0v) is 7.38. The van der Waals surface area contributed by atoms with Crippen LogP contribution in [0.4, 0.5) is 0 Å². The second-order valence-electron chi connectivity index (χ2n) is 2.58. The van der Waals surface area contributed by atoms with Gasteiger partial charge >= 0.3 is 0 Å². The summed E-state index contributed by atoms with van der Waals surface area (Å²) in [5, 5.41) is 9.26. The molecule has 0 radical (unpaired) electrons. The first-order valence-electron chi connectivity index (χ1n) is 4.15. The van der Waals surface area contributed by atoms with Crippen LogP contribution in [0.5, 0.6) is 0 Å². The zero-order valence-electron chi connectivity index (χ0n) is 7.38. The molecule has 0 fully saturated rings. The van der Waals surface area contributed by atoms with Crippen molar-refractivity contribution in [1.29, 1.82) is 0 Å². The number of aromatic nitrogens is 5. The predicted molar refractivity (Wildman–Crippen MR) is 52.5 cm³/mol. The van der Waals surface area contributed by atoms with E-state index in [9.17, 15) is 0 Å². The number of imidazole rings is 1. The van der Waals surface area contributed by atoms with Gasteiger partial charge in [-0.3, -0.25) is 5.10 Å². The molecular formula is C9H9N5. The van der Waals surface area contributed by atoms with Gasteiger partial charge in [-0.05, 0) is 12.1 Å². The number of rotatable bonds is 0. The van der Waals surface area contributed by atoms with Crippen molar-refractivity contribution in [1.82, 2.24) is 25.4 Å². The summed E-state index contributed by atoms with van der Waals surface area (Å²) in [5.74, 6) is 0. The molecule has 0 unspecified atom stereocenters. The zero-order chi connectivity index (χ0) is 9.64. The van der Waals surface area contributed by atoms with Gasteiger partial charge in [-0.2, -0.15) is 0 Å². The van der Waals surface area contributed by atoms with E-state index in [0.29, 0.717) is 0 Å². The minimum absolute atomic E-state index is 1.03. The molecule has 2 N–H and O–H groups in total. The van der Waals surface area contributed by atoms with Crippen LogP contribution in [0.15, 0.2) is 43.0 Å². The maximum absolute atomic E-state index is 4.06. The summed E-state index contributed by atoms with van der Waals surface area (Å²) < 4.78 is 0. The molecule has 3 aromatic rings. The van der Waals surface area contributed by atoms with Gasteiger partial charge in [0.2, 0.25) is 0 Å². The highest BCUT2D eigenvalue weighted by atomic mass is 15.3. The summed E-state index contributed by atoms with van der Waals surface area (Å²) in [6.07, 6.45) is 4.94. The second kappa shape index (κ2) is 4.18. The van der Waals surface area contributed by atoms with Crippen LogP contribution >= 0.6 is 0 Å². The van der Waals surface area contributed by atoms with Crippen molar-refractivity contribution in [3.63, 3.8) is 0 Å². The molecule has 0 atom stereocenters. The molecule has 0 aliphatic rings. The van der Waals surface area contributed by atoms with Crippen molar-refractivity contribution in [2.45, 2.75) is 0 Å². The lowest BCUT2D eigenvalue weighted by atomic mass is 10.3. The third-order valence-electron chi connectivity index (χ3n) is 1.66. The predicted octanol–water partition coefficient (Wildman–Crippen LogP) is 1.37. The first-order valence-corrected chi connectivity index (χ1v) is 4.15. The Labute approximate surface area is 80.2 Å². The molecule has 0 amide bonds. The fourth-order valence-electron chi connectivity index (χ4n) is 1.05. The molecular weight excluding hydrogens is 178 g/mol. The molecule has 3 rings (SSSR count). The number of aromatic amines is 2. The van der Waals surface area contributed by atoms with Crippen molar-refractivity contribution >= 4 is 11.0 Å². The molecule has 0 aliphatic carbocycles. The van der Waals surface area contributed by atoms with Crippen LogP contribution < -0.4 is 0 Å². The number of H-pyrrole nitrogens is 2. The molecule has 5 heteroatoms. The molecule has 0 aliphatic heterocycles. The number of para-hydroxylation sites is 2. The van der Waals surface area contributed by atoms with E-state index in [1.165, 1.54) is 0 Å². The van der Waals surface area contributed by atoms with E-state index in [-0.39, 0.29) is 0 Å². The van der Waals surface area contributed by atoms with Crippen molar-refractivity contribution in [3.05, 3.63) is 43.0 Å². The van der Waals surface area contributed by atoms with Crippen LogP contribution in [-0.4, -0.2) is 25.4 Å². The average Bonchev–Trinajstić information content (AvgIpc) is 2.92. The summed E-state index contributed by atoms with van der Waals surface area (Å²) in [7, 11) is 0. The van der Waals surface area contributed by atoms with Gasteiger partial charge in [0.1, 0.15) is 0 Å². The Morgan fingerprint density at radius 2 is 2.07 bits per heavy atom. The van der Waals surface area contributed by atoms with Gasteiger partial charge in [0.25, 0.3) is 0 Å². The molecule has 5 nitrogen and oxygen atoms in total. The van der Waals surface area contributed by atoms with Crippen LogP contribution in [0.25, 0.3) is 11.0 Å². The number of nitrogens with zero attached hydrogens (tertiary/aromatic N) is 3. The van der Waals surface area contributed by atoms with Gasteiger partial charge in [-0.15, -0.1) is 5.10 Å². The van der Waals surface area contributed by atoms with Gasteiger partial charge in [-0.1, -0.05) is 17.3 Å². The molecule has 0 saturated heterocycles. The average molecular weight is 187 g/mol. The smallest absolute Gasteiger partial charge is 0.0931 e.